The molecule has 1 aromatic rings. The van der Waals surface area contributed by atoms with E-state index in [4.69, 9.17) is 9.15 Å². The van der Waals surface area contributed by atoms with Gasteiger partial charge in [0.15, 0.2) is 0 Å². The van der Waals surface area contributed by atoms with Crippen LogP contribution in [0.25, 0.3) is 0 Å². The number of hydrogen-bond acceptors (Lipinski definition) is 3. The van der Waals surface area contributed by atoms with Crippen LogP contribution in [0.2, 0.25) is 0 Å². The van der Waals surface area contributed by atoms with Gasteiger partial charge in [-0.2, -0.15) is 0 Å². The lowest BCUT2D eigenvalue weighted by atomic mass is 10.1. The summed E-state index contributed by atoms with van der Waals surface area (Å²) in [4.78, 5) is 0. The number of ether oxygens (including phenoxy) is 1. The van der Waals surface area contributed by atoms with E-state index in [0.717, 1.165) is 10.2 Å². The van der Waals surface area contributed by atoms with Gasteiger partial charge in [-0.3, -0.25) is 0 Å². The molecule has 1 rings (SSSR count). The molecule has 1 unspecified atom stereocenters. The quantitative estimate of drug-likeness (QED) is 0.786. The lowest BCUT2D eigenvalue weighted by Gasteiger charge is -2.14. The predicted molar refractivity (Wildman–Crippen MR) is 59.6 cm³/mol. The number of hydrogen-bond donors (Lipinski definition) is 1. The molecule has 1 atom stereocenters. The van der Waals surface area contributed by atoms with E-state index in [-0.39, 0.29) is 12.6 Å². The summed E-state index contributed by atoms with van der Waals surface area (Å²) in [5, 5.41) is 3.04. The standard InChI is InChI=1S/C10H14BrF2NO2/c1-14-8(3-4-15-6-9(12)13)10-7(11)2-5-16-10/h2,5,8-9,14H,3-4,6H2,1H3. The molecule has 0 bridgehead atoms. The van der Waals surface area contributed by atoms with Gasteiger partial charge in [0.1, 0.15) is 12.4 Å². The van der Waals surface area contributed by atoms with Crippen LogP contribution in [0.4, 0.5) is 8.78 Å². The average Bonchev–Trinajstić information content (AvgIpc) is 2.65. The summed E-state index contributed by atoms with van der Waals surface area (Å²) >= 11 is 3.35. The molecule has 3 nitrogen and oxygen atoms in total. The molecule has 0 aliphatic heterocycles. The summed E-state index contributed by atoms with van der Waals surface area (Å²) in [7, 11) is 1.78. The number of rotatable bonds is 7. The summed E-state index contributed by atoms with van der Waals surface area (Å²) in [6.45, 7) is -0.251. The zero-order valence-corrected chi connectivity index (χ0v) is 10.5. The van der Waals surface area contributed by atoms with Crippen LogP contribution in [0, 0.1) is 0 Å². The average molecular weight is 298 g/mol. The minimum Gasteiger partial charge on any atom is -0.466 e. The van der Waals surface area contributed by atoms with Gasteiger partial charge in [0.05, 0.1) is 16.8 Å². The van der Waals surface area contributed by atoms with E-state index >= 15 is 0 Å². The molecular weight excluding hydrogens is 284 g/mol. The Labute approximate surface area is 101 Å². The van der Waals surface area contributed by atoms with Crippen molar-refractivity contribution in [2.75, 3.05) is 20.3 Å². The smallest absolute Gasteiger partial charge is 0.261 e. The van der Waals surface area contributed by atoms with E-state index in [9.17, 15) is 8.78 Å². The van der Waals surface area contributed by atoms with Gasteiger partial charge in [0.25, 0.3) is 6.43 Å². The van der Waals surface area contributed by atoms with Gasteiger partial charge in [-0.1, -0.05) is 0 Å². The van der Waals surface area contributed by atoms with Crippen molar-refractivity contribution in [2.45, 2.75) is 18.9 Å². The lowest BCUT2D eigenvalue weighted by molar-refractivity contribution is 0.0140. The Morgan fingerprint density at radius 3 is 2.81 bits per heavy atom. The molecule has 92 valence electrons. The first-order valence-corrected chi connectivity index (χ1v) is 5.70. The van der Waals surface area contributed by atoms with Gasteiger partial charge in [0.2, 0.25) is 0 Å². The summed E-state index contributed by atoms with van der Waals surface area (Å²) in [5.41, 5.74) is 0. The number of alkyl halides is 2. The van der Waals surface area contributed by atoms with Crippen LogP contribution in [-0.2, 0) is 4.74 Å². The van der Waals surface area contributed by atoms with Gasteiger partial charge in [0, 0.05) is 6.61 Å². The number of furan rings is 1. The van der Waals surface area contributed by atoms with E-state index in [1.165, 1.54) is 0 Å². The molecular formula is C10H14BrF2NO2. The molecule has 0 saturated carbocycles. The van der Waals surface area contributed by atoms with Gasteiger partial charge >= 0.3 is 0 Å². The molecule has 0 fully saturated rings. The van der Waals surface area contributed by atoms with Crippen LogP contribution in [-0.4, -0.2) is 26.7 Å². The maximum absolute atomic E-state index is 11.8. The monoisotopic (exact) mass is 297 g/mol. The van der Waals surface area contributed by atoms with Crippen LogP contribution in [0.1, 0.15) is 18.2 Å². The van der Waals surface area contributed by atoms with Crippen molar-refractivity contribution in [3.8, 4) is 0 Å². The minimum atomic E-state index is -2.41. The van der Waals surface area contributed by atoms with Crippen LogP contribution in [0.3, 0.4) is 0 Å². The van der Waals surface area contributed by atoms with Gasteiger partial charge in [-0.05, 0) is 35.5 Å². The van der Waals surface area contributed by atoms with Crippen LogP contribution in [0.15, 0.2) is 21.2 Å². The largest absolute Gasteiger partial charge is 0.466 e. The topological polar surface area (TPSA) is 34.4 Å². The zero-order chi connectivity index (χ0) is 12.0. The second kappa shape index (κ2) is 6.98. The SMILES string of the molecule is CNC(CCOCC(F)F)c1occc1Br. The highest BCUT2D eigenvalue weighted by atomic mass is 79.9. The molecule has 1 heterocycles. The van der Waals surface area contributed by atoms with Gasteiger partial charge < -0.3 is 14.5 Å². The Morgan fingerprint density at radius 1 is 1.56 bits per heavy atom. The fraction of sp³-hybridized carbons (Fsp3) is 0.600. The van der Waals surface area contributed by atoms with Crippen molar-refractivity contribution < 1.29 is 17.9 Å². The normalized spacial score (nSPS) is 13.3. The summed E-state index contributed by atoms with van der Waals surface area (Å²) < 4.78 is 34.6. The van der Waals surface area contributed by atoms with Crippen molar-refractivity contribution in [1.82, 2.24) is 5.32 Å². The van der Waals surface area contributed by atoms with E-state index in [1.54, 1.807) is 19.4 Å². The highest BCUT2D eigenvalue weighted by molar-refractivity contribution is 9.10. The lowest BCUT2D eigenvalue weighted by Crippen LogP contribution is -2.19. The van der Waals surface area contributed by atoms with Crippen molar-refractivity contribution in [3.63, 3.8) is 0 Å². The molecule has 0 aliphatic carbocycles. The van der Waals surface area contributed by atoms with Crippen LogP contribution >= 0.6 is 15.9 Å². The number of nitrogens with one attached hydrogen (secondary N) is 1. The molecule has 0 aromatic carbocycles. The summed E-state index contributed by atoms with van der Waals surface area (Å²) in [6, 6.07) is 1.75. The molecule has 0 radical (unpaired) electrons. The highest BCUT2D eigenvalue weighted by Crippen LogP contribution is 2.26. The Bertz CT molecular complexity index is 307. The third kappa shape index (κ3) is 4.19. The second-order valence-electron chi connectivity index (χ2n) is 3.23. The van der Waals surface area contributed by atoms with Gasteiger partial charge in [-0.25, -0.2) is 8.78 Å². The maximum atomic E-state index is 11.8. The predicted octanol–water partition coefficient (Wildman–Crippen LogP) is 2.97. The van der Waals surface area contributed by atoms with Crippen molar-refractivity contribution in [2.24, 2.45) is 0 Å². The van der Waals surface area contributed by atoms with E-state index in [0.29, 0.717) is 6.42 Å². The molecule has 0 spiro atoms. The molecule has 6 heteroatoms. The third-order valence-corrected chi connectivity index (χ3v) is 2.76. The fourth-order valence-electron chi connectivity index (χ4n) is 1.33. The van der Waals surface area contributed by atoms with E-state index < -0.39 is 13.0 Å². The Morgan fingerprint density at radius 2 is 2.31 bits per heavy atom. The van der Waals surface area contributed by atoms with Crippen molar-refractivity contribution in [1.29, 1.82) is 0 Å². The molecule has 16 heavy (non-hydrogen) atoms. The molecule has 0 amide bonds. The third-order valence-electron chi connectivity index (χ3n) is 2.10. The number of halogens is 3. The molecule has 1 N–H and O–H groups in total. The first-order chi connectivity index (χ1) is 7.65. The van der Waals surface area contributed by atoms with E-state index in [2.05, 4.69) is 21.2 Å². The molecule has 0 aliphatic rings. The summed E-state index contributed by atoms with van der Waals surface area (Å²) in [6.07, 6.45) is -0.262. The van der Waals surface area contributed by atoms with Crippen molar-refractivity contribution >= 4 is 15.9 Å². The Hall–Kier alpha value is -0.460. The molecule has 0 saturated heterocycles. The first kappa shape index (κ1) is 13.6. The molecule has 1 aromatic heterocycles. The minimum absolute atomic E-state index is 0.0398. The second-order valence-corrected chi connectivity index (χ2v) is 4.08. The fourth-order valence-corrected chi connectivity index (χ4v) is 1.81. The van der Waals surface area contributed by atoms with Crippen LogP contribution in [0.5, 0.6) is 0 Å². The highest BCUT2D eigenvalue weighted by Gasteiger charge is 2.16. The summed E-state index contributed by atoms with van der Waals surface area (Å²) in [5.74, 6) is 0.753. The van der Waals surface area contributed by atoms with E-state index in [1.807, 2.05) is 0 Å². The van der Waals surface area contributed by atoms with Crippen molar-refractivity contribution in [3.05, 3.63) is 22.6 Å². The zero-order valence-electron chi connectivity index (χ0n) is 8.88. The Kier molecular flexibility index (Phi) is 5.94. The van der Waals surface area contributed by atoms with Gasteiger partial charge in [-0.15, -0.1) is 0 Å². The van der Waals surface area contributed by atoms with Crippen LogP contribution < -0.4 is 5.32 Å². The Balaban J connectivity index is 2.36. The maximum Gasteiger partial charge on any atom is 0.261 e. The first-order valence-electron chi connectivity index (χ1n) is 4.91.